The summed E-state index contributed by atoms with van der Waals surface area (Å²) in [6, 6.07) is 0. The molecule has 5 atom stereocenters. The second-order valence-electron chi connectivity index (χ2n) is 7.05. The van der Waals surface area contributed by atoms with Crippen molar-refractivity contribution in [2.75, 3.05) is 0 Å². The molecule has 25 heavy (non-hydrogen) atoms. The van der Waals surface area contributed by atoms with E-state index in [2.05, 4.69) is 13.0 Å². The third kappa shape index (κ3) is 8.66. The van der Waals surface area contributed by atoms with Crippen LogP contribution in [0.2, 0.25) is 0 Å². The van der Waals surface area contributed by atoms with Gasteiger partial charge < -0.3 is 20.4 Å². The molecule has 1 fully saturated rings. The van der Waals surface area contributed by atoms with Crippen molar-refractivity contribution in [2.24, 2.45) is 11.8 Å². The molecule has 0 amide bonds. The molecule has 0 saturated heterocycles. The van der Waals surface area contributed by atoms with Crippen LogP contribution in [-0.2, 0) is 4.79 Å². The molecule has 1 rings (SSSR count). The highest BCUT2D eigenvalue weighted by molar-refractivity contribution is 5.66. The van der Waals surface area contributed by atoms with Crippen LogP contribution in [0.4, 0.5) is 0 Å². The van der Waals surface area contributed by atoms with Crippen LogP contribution in [0.15, 0.2) is 24.3 Å². The molecule has 5 nitrogen and oxygen atoms in total. The Morgan fingerprint density at radius 2 is 1.92 bits per heavy atom. The van der Waals surface area contributed by atoms with E-state index in [-0.39, 0.29) is 18.3 Å². The molecule has 0 aromatic heterocycles. The Labute approximate surface area is 151 Å². The summed E-state index contributed by atoms with van der Waals surface area (Å²) in [5.74, 6) is -1.23. The van der Waals surface area contributed by atoms with Crippen molar-refractivity contribution >= 4 is 5.97 Å². The van der Waals surface area contributed by atoms with Crippen LogP contribution in [0.3, 0.4) is 0 Å². The van der Waals surface area contributed by atoms with Gasteiger partial charge in [0.1, 0.15) is 0 Å². The van der Waals surface area contributed by atoms with Crippen molar-refractivity contribution in [3.63, 3.8) is 0 Å². The Balaban J connectivity index is 2.44. The fraction of sp³-hybridized carbons (Fsp3) is 0.750. The minimum absolute atomic E-state index is 0.0706. The molecule has 0 radical (unpaired) electrons. The fourth-order valence-electron chi connectivity index (χ4n) is 3.47. The van der Waals surface area contributed by atoms with Gasteiger partial charge in [-0.1, -0.05) is 44.1 Å². The number of hydrogen-bond donors (Lipinski definition) is 4. The van der Waals surface area contributed by atoms with Gasteiger partial charge in [-0.2, -0.15) is 0 Å². The van der Waals surface area contributed by atoms with Crippen molar-refractivity contribution < 1.29 is 25.2 Å². The summed E-state index contributed by atoms with van der Waals surface area (Å²) in [5.41, 5.74) is 0. The minimum Gasteiger partial charge on any atom is -0.481 e. The maximum Gasteiger partial charge on any atom is 0.303 e. The second-order valence-corrected chi connectivity index (χ2v) is 7.05. The van der Waals surface area contributed by atoms with Crippen LogP contribution in [0, 0.1) is 11.8 Å². The lowest BCUT2D eigenvalue weighted by Gasteiger charge is -2.20. The van der Waals surface area contributed by atoms with Crippen LogP contribution in [0.25, 0.3) is 0 Å². The molecule has 1 aliphatic carbocycles. The highest BCUT2D eigenvalue weighted by Gasteiger charge is 2.39. The summed E-state index contributed by atoms with van der Waals surface area (Å²) in [6.07, 6.45) is 12.3. The third-order valence-corrected chi connectivity index (χ3v) is 4.92. The van der Waals surface area contributed by atoms with E-state index < -0.39 is 24.3 Å². The van der Waals surface area contributed by atoms with Crippen molar-refractivity contribution in [2.45, 2.75) is 83.0 Å². The summed E-state index contributed by atoms with van der Waals surface area (Å²) < 4.78 is 0. The molecule has 4 N–H and O–H groups in total. The highest BCUT2D eigenvalue weighted by Crippen LogP contribution is 2.37. The standard InChI is InChI=1S/C20H34O5/c1-2-3-4-5-6-7-9-15(21)12-13-17-16(10-8-11-20(24)25)18(22)14-19(17)23/h6-7,12-13,15-19,21-23H,2-5,8-11,14H2,1H3,(H,24,25)/b7-6-,13-12+/t15-,16+,17-,18-,19+/m1/s1. The molecule has 144 valence electrons. The topological polar surface area (TPSA) is 98.0 Å². The Morgan fingerprint density at radius 1 is 1.16 bits per heavy atom. The normalized spacial score (nSPS) is 28.2. The van der Waals surface area contributed by atoms with Gasteiger partial charge in [-0.15, -0.1) is 0 Å². The number of carboxylic acids is 1. The summed E-state index contributed by atoms with van der Waals surface area (Å²) in [4.78, 5) is 10.6. The lowest BCUT2D eigenvalue weighted by Crippen LogP contribution is -2.21. The largest absolute Gasteiger partial charge is 0.481 e. The van der Waals surface area contributed by atoms with E-state index in [4.69, 9.17) is 5.11 Å². The molecule has 0 aliphatic heterocycles. The molecule has 0 unspecified atom stereocenters. The number of rotatable bonds is 12. The van der Waals surface area contributed by atoms with Crippen LogP contribution >= 0.6 is 0 Å². The summed E-state index contributed by atoms with van der Waals surface area (Å²) in [5, 5.41) is 39.0. The number of carboxylic acid groups (broad SMARTS) is 1. The van der Waals surface area contributed by atoms with Gasteiger partial charge in [-0.3, -0.25) is 4.79 Å². The molecule has 1 aliphatic rings. The number of carbonyl (C=O) groups is 1. The number of hydrogen-bond acceptors (Lipinski definition) is 4. The van der Waals surface area contributed by atoms with Crippen molar-refractivity contribution in [1.29, 1.82) is 0 Å². The molecule has 0 heterocycles. The summed E-state index contributed by atoms with van der Waals surface area (Å²) >= 11 is 0. The molecular weight excluding hydrogens is 320 g/mol. The first-order chi connectivity index (χ1) is 12.0. The van der Waals surface area contributed by atoms with Gasteiger partial charge in [0.15, 0.2) is 0 Å². The average molecular weight is 354 g/mol. The smallest absolute Gasteiger partial charge is 0.303 e. The van der Waals surface area contributed by atoms with E-state index in [1.165, 1.54) is 19.3 Å². The SMILES string of the molecule is CCCCC/C=C\C[C@@H](O)/C=C/[C@@H]1[C@H](CCCC(=O)O)[C@H](O)C[C@@H]1O. The van der Waals surface area contributed by atoms with E-state index in [0.29, 0.717) is 25.7 Å². The summed E-state index contributed by atoms with van der Waals surface area (Å²) in [7, 11) is 0. The molecular formula is C20H34O5. The number of allylic oxidation sites excluding steroid dienone is 1. The molecule has 5 heteroatoms. The zero-order chi connectivity index (χ0) is 18.7. The Kier molecular flexibility index (Phi) is 10.7. The Hall–Kier alpha value is -1.17. The second kappa shape index (κ2) is 12.2. The van der Waals surface area contributed by atoms with Gasteiger partial charge in [-0.25, -0.2) is 0 Å². The maximum absolute atomic E-state index is 10.6. The van der Waals surface area contributed by atoms with Crippen LogP contribution in [-0.4, -0.2) is 44.7 Å². The van der Waals surface area contributed by atoms with Gasteiger partial charge in [-0.05, 0) is 38.0 Å². The van der Waals surface area contributed by atoms with Gasteiger partial charge in [0.2, 0.25) is 0 Å². The first-order valence-corrected chi connectivity index (χ1v) is 9.55. The highest BCUT2D eigenvalue weighted by atomic mass is 16.4. The Bertz CT molecular complexity index is 432. The van der Waals surface area contributed by atoms with Crippen molar-refractivity contribution in [3.8, 4) is 0 Å². The number of aliphatic carboxylic acids is 1. The van der Waals surface area contributed by atoms with E-state index in [1.807, 2.05) is 6.08 Å². The minimum atomic E-state index is -0.846. The number of unbranched alkanes of at least 4 members (excludes halogenated alkanes) is 3. The predicted octanol–water partition coefficient (Wildman–Crippen LogP) is 3.04. The van der Waals surface area contributed by atoms with Gasteiger partial charge in [0.25, 0.3) is 0 Å². The van der Waals surface area contributed by atoms with Crippen molar-refractivity contribution in [3.05, 3.63) is 24.3 Å². The molecule has 1 saturated carbocycles. The van der Waals surface area contributed by atoms with E-state index in [0.717, 1.165) is 6.42 Å². The number of aliphatic hydroxyl groups is 3. The van der Waals surface area contributed by atoms with Crippen molar-refractivity contribution in [1.82, 2.24) is 0 Å². The molecule has 0 spiro atoms. The van der Waals surface area contributed by atoms with Crippen LogP contribution in [0.1, 0.15) is 64.7 Å². The first-order valence-electron chi connectivity index (χ1n) is 9.55. The van der Waals surface area contributed by atoms with E-state index >= 15 is 0 Å². The third-order valence-electron chi connectivity index (χ3n) is 4.92. The van der Waals surface area contributed by atoms with Gasteiger partial charge >= 0.3 is 5.97 Å². The van der Waals surface area contributed by atoms with Crippen LogP contribution in [0.5, 0.6) is 0 Å². The lowest BCUT2D eigenvalue weighted by molar-refractivity contribution is -0.137. The van der Waals surface area contributed by atoms with E-state index in [9.17, 15) is 20.1 Å². The Morgan fingerprint density at radius 3 is 2.60 bits per heavy atom. The lowest BCUT2D eigenvalue weighted by atomic mass is 9.88. The fourth-order valence-corrected chi connectivity index (χ4v) is 3.47. The predicted molar refractivity (Wildman–Crippen MR) is 98.1 cm³/mol. The first kappa shape index (κ1) is 21.9. The summed E-state index contributed by atoms with van der Waals surface area (Å²) in [6.45, 7) is 2.17. The monoisotopic (exact) mass is 354 g/mol. The maximum atomic E-state index is 10.6. The van der Waals surface area contributed by atoms with Gasteiger partial charge in [0, 0.05) is 18.8 Å². The quantitative estimate of drug-likeness (QED) is 0.319. The van der Waals surface area contributed by atoms with Gasteiger partial charge in [0.05, 0.1) is 18.3 Å². The molecule has 0 aromatic carbocycles. The zero-order valence-corrected chi connectivity index (χ0v) is 15.3. The van der Waals surface area contributed by atoms with Crippen LogP contribution < -0.4 is 0 Å². The zero-order valence-electron chi connectivity index (χ0n) is 15.3. The van der Waals surface area contributed by atoms with E-state index in [1.54, 1.807) is 12.2 Å². The molecule has 0 bridgehead atoms. The number of aliphatic hydroxyl groups excluding tert-OH is 3. The molecule has 0 aromatic rings. The average Bonchev–Trinajstić information content (AvgIpc) is 2.82.